The van der Waals surface area contributed by atoms with Crippen molar-refractivity contribution in [2.75, 3.05) is 11.5 Å². The van der Waals surface area contributed by atoms with Crippen molar-refractivity contribution in [2.45, 2.75) is 19.0 Å². The predicted octanol–water partition coefficient (Wildman–Crippen LogP) is 4.20. The second kappa shape index (κ2) is 6.59. The Morgan fingerprint density at radius 3 is 2.71 bits per heavy atom. The molecule has 0 aromatic heterocycles. The van der Waals surface area contributed by atoms with E-state index in [2.05, 4.69) is 11.4 Å². The number of anilines is 1. The van der Waals surface area contributed by atoms with Gasteiger partial charge in [-0.25, -0.2) is 9.64 Å². The number of hydrogen-bond donors (Lipinski definition) is 0. The number of carbonyl (C=O) groups is 1. The van der Waals surface area contributed by atoms with Gasteiger partial charge in [0.25, 0.3) is 0 Å². The first kappa shape index (κ1) is 14.5. The molecule has 0 radical (unpaired) electrons. The molecule has 3 rings (SSSR count). The highest BCUT2D eigenvalue weighted by atomic mass is 16.5. The van der Waals surface area contributed by atoms with Crippen molar-refractivity contribution in [1.29, 1.82) is 0 Å². The number of esters is 1. The lowest BCUT2D eigenvalue weighted by molar-refractivity contribution is -0.141. The summed E-state index contributed by atoms with van der Waals surface area (Å²) in [5.41, 5.74) is 3.14. The number of carbonyl (C=O) groups excluding carboxylic acids is 1. The Kier molecular flexibility index (Phi) is 3.99. The van der Waals surface area contributed by atoms with Gasteiger partial charge in [0.15, 0.2) is 11.7 Å². The topological polar surface area (TPSA) is 33.7 Å². The fraction of sp³-hybridized carbons (Fsp3) is 0.200. The van der Waals surface area contributed by atoms with Crippen LogP contribution in [0.5, 0.6) is 0 Å². The molecule has 2 aromatic rings. The number of aryl methyl sites for hydroxylation is 1. The van der Waals surface area contributed by atoms with Crippen molar-refractivity contribution in [3.8, 4) is 0 Å². The van der Waals surface area contributed by atoms with Crippen LogP contribution in [-0.2, 0) is 9.53 Å². The zero-order valence-corrected chi connectivity index (χ0v) is 13.4. The molecule has 120 valence electrons. The van der Waals surface area contributed by atoms with Gasteiger partial charge in [0, 0.05) is 5.69 Å². The molecule has 2 aromatic carbocycles. The van der Waals surface area contributed by atoms with Crippen molar-refractivity contribution in [1.82, 2.24) is 0 Å². The van der Waals surface area contributed by atoms with Crippen LogP contribution < -0.4 is 4.90 Å². The fourth-order valence-electron chi connectivity index (χ4n) is 2.75. The summed E-state index contributed by atoms with van der Waals surface area (Å²) < 4.78 is 13.9. The average molecular weight is 319 g/mol. The lowest BCUT2D eigenvalue weighted by atomic mass is 10.1. The molecule has 1 aliphatic rings. The van der Waals surface area contributed by atoms with Crippen LogP contribution in [0, 0.1) is 13.5 Å². The molecule has 1 aliphatic heterocycles. The van der Waals surface area contributed by atoms with E-state index < -0.39 is 18.0 Å². The van der Waals surface area contributed by atoms with Gasteiger partial charge in [-0.3, -0.25) is 0 Å². The largest absolute Gasteiger partial charge is 0.460 e. The number of para-hydroxylation sites is 1. The predicted molar refractivity (Wildman–Crippen MR) is 94.0 cm³/mol. The molecule has 4 heteroatoms. The minimum atomic E-state index is -1.52. The van der Waals surface area contributed by atoms with Crippen LogP contribution in [-0.4, -0.2) is 18.6 Å². The van der Waals surface area contributed by atoms with Gasteiger partial charge in [0.2, 0.25) is 0 Å². The van der Waals surface area contributed by atoms with Crippen molar-refractivity contribution in [3.63, 3.8) is 0 Å². The highest BCUT2D eigenvalue weighted by Crippen LogP contribution is 2.48. The number of hydrogen-bond acceptors (Lipinski definition) is 3. The molecule has 0 amide bonds. The van der Waals surface area contributed by atoms with Crippen molar-refractivity contribution in [3.05, 3.63) is 83.7 Å². The van der Waals surface area contributed by atoms with Crippen LogP contribution in [0.15, 0.2) is 61.2 Å². The number of nitrogens with zero attached hydrogens (tertiary/aromatic N) is 2. The summed E-state index contributed by atoms with van der Waals surface area (Å²) in [6, 6.07) is 12.7. The van der Waals surface area contributed by atoms with E-state index >= 15 is 0 Å². The number of benzene rings is 2. The zero-order chi connectivity index (χ0) is 18.0. The zero-order valence-electron chi connectivity index (χ0n) is 14.4. The van der Waals surface area contributed by atoms with E-state index in [0.717, 1.165) is 16.8 Å². The van der Waals surface area contributed by atoms with Gasteiger partial charge in [0.1, 0.15) is 6.61 Å². The standard InChI is InChI=1S/C20H18N2O2/c1-4-13-24-20(23)19-18(15-9-11-16(21-3)12-10-15)22(19)17-8-6-5-7-14(17)2/h4-12,18-19H,1,13H2,2H3/t18-,19-,22?/m1/s1/i19D. The average Bonchev–Trinajstić information content (AvgIpc) is 3.27. The van der Waals surface area contributed by atoms with Crippen LogP contribution in [0.2, 0.25) is 0 Å². The third-order valence-corrected chi connectivity index (χ3v) is 3.96. The summed E-state index contributed by atoms with van der Waals surface area (Å²) in [5.74, 6) is -0.602. The molecule has 0 saturated carbocycles. The second-order valence-corrected chi connectivity index (χ2v) is 5.53. The molecule has 0 N–H and O–H groups in total. The summed E-state index contributed by atoms with van der Waals surface area (Å²) in [6.07, 6.45) is 1.49. The molecular weight excluding hydrogens is 300 g/mol. The Balaban J connectivity index is 2.00. The minimum absolute atomic E-state index is 0.0739. The minimum Gasteiger partial charge on any atom is -0.460 e. The molecule has 2 atom stereocenters. The van der Waals surface area contributed by atoms with E-state index in [1.165, 1.54) is 6.08 Å². The molecule has 1 saturated heterocycles. The summed E-state index contributed by atoms with van der Waals surface area (Å²) in [6.45, 7) is 12.6. The molecule has 1 fully saturated rings. The van der Waals surface area contributed by atoms with E-state index in [1.54, 1.807) is 29.2 Å². The Morgan fingerprint density at radius 1 is 1.38 bits per heavy atom. The van der Waals surface area contributed by atoms with E-state index in [0.29, 0.717) is 5.69 Å². The highest BCUT2D eigenvalue weighted by Gasteiger charge is 2.54. The summed E-state index contributed by atoms with van der Waals surface area (Å²) in [4.78, 5) is 17.7. The van der Waals surface area contributed by atoms with Crippen LogP contribution in [0.25, 0.3) is 4.85 Å². The normalized spacial score (nSPS) is 22.2. The summed E-state index contributed by atoms with van der Waals surface area (Å²) in [5, 5.41) is 0. The second-order valence-electron chi connectivity index (χ2n) is 5.53. The van der Waals surface area contributed by atoms with Crippen molar-refractivity contribution in [2.24, 2.45) is 0 Å². The molecule has 24 heavy (non-hydrogen) atoms. The maximum Gasteiger partial charge on any atom is 0.331 e. The van der Waals surface area contributed by atoms with Crippen LogP contribution in [0.4, 0.5) is 11.4 Å². The first-order valence-corrected chi connectivity index (χ1v) is 7.64. The van der Waals surface area contributed by atoms with Gasteiger partial charge in [-0.05, 0) is 24.1 Å². The van der Waals surface area contributed by atoms with Gasteiger partial charge in [0.05, 0.1) is 14.0 Å². The van der Waals surface area contributed by atoms with Crippen LogP contribution in [0.3, 0.4) is 0 Å². The molecule has 1 heterocycles. The Bertz CT molecular complexity index is 857. The molecule has 0 spiro atoms. The van der Waals surface area contributed by atoms with Crippen LogP contribution in [0.1, 0.15) is 18.5 Å². The van der Waals surface area contributed by atoms with Gasteiger partial charge < -0.3 is 9.64 Å². The third kappa shape index (κ3) is 2.89. The van der Waals surface area contributed by atoms with Crippen LogP contribution >= 0.6 is 0 Å². The first-order valence-electron chi connectivity index (χ1n) is 8.14. The summed E-state index contributed by atoms with van der Waals surface area (Å²) >= 11 is 0. The van der Waals surface area contributed by atoms with Gasteiger partial charge in [-0.1, -0.05) is 55.1 Å². The molecule has 0 aliphatic carbocycles. The highest BCUT2D eigenvalue weighted by molar-refractivity contribution is 5.89. The van der Waals surface area contributed by atoms with E-state index in [-0.39, 0.29) is 6.61 Å². The molecule has 0 unspecified atom stereocenters. The van der Waals surface area contributed by atoms with E-state index in [4.69, 9.17) is 12.7 Å². The monoisotopic (exact) mass is 319 g/mol. The van der Waals surface area contributed by atoms with Gasteiger partial charge >= 0.3 is 5.97 Å². The first-order chi connectivity index (χ1) is 12.0. The smallest absolute Gasteiger partial charge is 0.331 e. The van der Waals surface area contributed by atoms with Crippen molar-refractivity contribution >= 4 is 17.3 Å². The summed E-state index contributed by atoms with van der Waals surface area (Å²) in [7, 11) is 0. The van der Waals surface area contributed by atoms with Gasteiger partial charge in [-0.15, -0.1) is 0 Å². The van der Waals surface area contributed by atoms with Crippen molar-refractivity contribution < 1.29 is 10.9 Å². The quantitative estimate of drug-likeness (QED) is 0.358. The molecule has 0 bridgehead atoms. The van der Waals surface area contributed by atoms with E-state index in [1.807, 2.05) is 31.2 Å². The number of ether oxygens (including phenoxy) is 1. The Morgan fingerprint density at radius 2 is 2.08 bits per heavy atom. The number of rotatable bonds is 5. The van der Waals surface area contributed by atoms with Gasteiger partial charge in [-0.2, -0.15) is 0 Å². The van der Waals surface area contributed by atoms with E-state index in [9.17, 15) is 4.79 Å². The Hall–Kier alpha value is -3.06. The lowest BCUT2D eigenvalue weighted by Gasteiger charge is -2.09. The SMILES string of the molecule is [2H][C@]1(C(=O)OCC=C)[C@@H](c2ccc([N+]#[C-])cc2)N1c1ccccc1C. The maximum atomic E-state index is 12.5. The lowest BCUT2D eigenvalue weighted by Crippen LogP contribution is -2.16. The Labute approximate surface area is 143 Å². The molecular formula is C20H18N2O2. The fourth-order valence-corrected chi connectivity index (χ4v) is 2.75. The third-order valence-electron chi connectivity index (χ3n) is 3.96. The molecule has 4 nitrogen and oxygen atoms in total. The maximum absolute atomic E-state index is 12.5.